The number of rotatable bonds is 4. The van der Waals surface area contributed by atoms with Crippen LogP contribution in [-0.2, 0) is 11.3 Å². The van der Waals surface area contributed by atoms with Crippen molar-refractivity contribution >= 4 is 22.8 Å². The van der Waals surface area contributed by atoms with E-state index in [1.807, 2.05) is 30.3 Å². The lowest BCUT2D eigenvalue weighted by molar-refractivity contribution is -0.137. The third-order valence-electron chi connectivity index (χ3n) is 4.83. The SMILES string of the molecule is O=C(O)Cn1nccc1[C@@H]1CCCN(C(=O)c2n[nH]c3ccccc23)C1. The molecule has 0 radical (unpaired) electrons. The molecule has 2 N–H and O–H groups in total. The number of nitrogens with one attached hydrogen (secondary N) is 1. The lowest BCUT2D eigenvalue weighted by Gasteiger charge is -2.32. The first kappa shape index (κ1) is 16.3. The summed E-state index contributed by atoms with van der Waals surface area (Å²) in [5, 5.41) is 21.1. The summed E-state index contributed by atoms with van der Waals surface area (Å²) in [6.45, 7) is 1.03. The second kappa shape index (κ2) is 6.62. The molecule has 1 aliphatic heterocycles. The van der Waals surface area contributed by atoms with Gasteiger partial charge in [0.05, 0.1) is 5.52 Å². The first-order valence-electron chi connectivity index (χ1n) is 8.59. The number of aliphatic carboxylic acids is 1. The van der Waals surface area contributed by atoms with Gasteiger partial charge in [0.1, 0.15) is 6.54 Å². The number of para-hydroxylation sites is 1. The van der Waals surface area contributed by atoms with Gasteiger partial charge in [-0.15, -0.1) is 0 Å². The van der Waals surface area contributed by atoms with E-state index in [0.29, 0.717) is 18.8 Å². The maximum absolute atomic E-state index is 13.0. The number of H-pyrrole nitrogens is 1. The highest BCUT2D eigenvalue weighted by Gasteiger charge is 2.29. The number of benzene rings is 1. The molecule has 1 fully saturated rings. The number of piperidine rings is 1. The Kier molecular flexibility index (Phi) is 4.16. The maximum atomic E-state index is 13.0. The van der Waals surface area contributed by atoms with E-state index in [0.717, 1.165) is 29.4 Å². The van der Waals surface area contributed by atoms with Gasteiger partial charge in [0.2, 0.25) is 0 Å². The average molecular weight is 353 g/mol. The summed E-state index contributed by atoms with van der Waals surface area (Å²) in [5.41, 5.74) is 2.13. The van der Waals surface area contributed by atoms with Gasteiger partial charge < -0.3 is 10.0 Å². The van der Waals surface area contributed by atoms with Crippen LogP contribution in [0.3, 0.4) is 0 Å². The Balaban J connectivity index is 1.56. The van der Waals surface area contributed by atoms with Gasteiger partial charge in [-0.2, -0.15) is 10.2 Å². The Bertz CT molecular complexity index is 961. The number of carbonyl (C=O) groups excluding carboxylic acids is 1. The van der Waals surface area contributed by atoms with Crippen molar-refractivity contribution in [1.82, 2.24) is 24.9 Å². The van der Waals surface area contributed by atoms with E-state index in [1.54, 1.807) is 11.1 Å². The molecule has 0 saturated carbocycles. The van der Waals surface area contributed by atoms with Gasteiger partial charge >= 0.3 is 5.97 Å². The molecule has 0 spiro atoms. The lowest BCUT2D eigenvalue weighted by atomic mass is 9.94. The highest BCUT2D eigenvalue weighted by atomic mass is 16.4. The number of carboxylic acids is 1. The molecule has 3 aromatic rings. The van der Waals surface area contributed by atoms with Crippen molar-refractivity contribution in [1.29, 1.82) is 0 Å². The molecule has 4 rings (SSSR count). The Morgan fingerprint density at radius 1 is 1.27 bits per heavy atom. The molecule has 1 atom stereocenters. The second-order valence-electron chi connectivity index (χ2n) is 6.52. The Morgan fingerprint density at radius 3 is 2.96 bits per heavy atom. The average Bonchev–Trinajstić information content (AvgIpc) is 3.27. The van der Waals surface area contributed by atoms with Crippen LogP contribution in [0.4, 0.5) is 0 Å². The van der Waals surface area contributed by atoms with Crippen LogP contribution in [0.5, 0.6) is 0 Å². The number of carbonyl (C=O) groups is 2. The first-order chi connectivity index (χ1) is 12.6. The molecule has 134 valence electrons. The molecule has 1 aromatic carbocycles. The first-order valence-corrected chi connectivity index (χ1v) is 8.59. The minimum Gasteiger partial charge on any atom is -0.480 e. The molecule has 3 heterocycles. The minimum absolute atomic E-state index is 0.0692. The highest BCUT2D eigenvalue weighted by molar-refractivity contribution is 6.04. The van der Waals surface area contributed by atoms with Crippen LogP contribution in [0.25, 0.3) is 10.9 Å². The molecule has 1 saturated heterocycles. The van der Waals surface area contributed by atoms with Crippen LogP contribution in [0.15, 0.2) is 36.5 Å². The largest absolute Gasteiger partial charge is 0.480 e. The molecular weight excluding hydrogens is 334 g/mol. The summed E-state index contributed by atoms with van der Waals surface area (Å²) >= 11 is 0. The fraction of sp³-hybridized carbons (Fsp3) is 0.333. The molecule has 0 aliphatic carbocycles. The zero-order valence-corrected chi connectivity index (χ0v) is 14.1. The quantitative estimate of drug-likeness (QED) is 0.745. The van der Waals surface area contributed by atoms with E-state index >= 15 is 0 Å². The predicted molar refractivity (Wildman–Crippen MR) is 93.8 cm³/mol. The zero-order chi connectivity index (χ0) is 18.1. The summed E-state index contributed by atoms with van der Waals surface area (Å²) in [6, 6.07) is 9.40. The van der Waals surface area contributed by atoms with Crippen molar-refractivity contribution in [2.24, 2.45) is 0 Å². The number of carboxylic acid groups (broad SMARTS) is 1. The molecule has 0 unspecified atom stereocenters. The monoisotopic (exact) mass is 353 g/mol. The van der Waals surface area contributed by atoms with E-state index in [-0.39, 0.29) is 18.4 Å². The van der Waals surface area contributed by atoms with E-state index in [1.165, 1.54) is 4.68 Å². The summed E-state index contributed by atoms with van der Waals surface area (Å²) in [5.74, 6) is -0.960. The van der Waals surface area contributed by atoms with Gasteiger partial charge in [-0.25, -0.2) is 0 Å². The summed E-state index contributed by atoms with van der Waals surface area (Å²) < 4.78 is 1.50. The van der Waals surface area contributed by atoms with Crippen molar-refractivity contribution in [2.75, 3.05) is 13.1 Å². The molecule has 8 nitrogen and oxygen atoms in total. The fourth-order valence-electron chi connectivity index (χ4n) is 3.63. The molecule has 8 heteroatoms. The van der Waals surface area contributed by atoms with Crippen LogP contribution >= 0.6 is 0 Å². The Labute approximate surface area is 149 Å². The zero-order valence-electron chi connectivity index (χ0n) is 14.1. The molecule has 1 amide bonds. The standard InChI is InChI=1S/C18H19N5O3/c24-16(25)11-23-15(7-8-19-23)12-4-3-9-22(10-12)18(26)17-13-5-1-2-6-14(13)20-21-17/h1-2,5-8,12H,3-4,9-11H2,(H,20,21)(H,24,25)/t12-/m1/s1. The minimum atomic E-state index is -0.929. The highest BCUT2D eigenvalue weighted by Crippen LogP contribution is 2.28. The van der Waals surface area contributed by atoms with Crippen molar-refractivity contribution in [3.8, 4) is 0 Å². The van der Waals surface area contributed by atoms with E-state index in [2.05, 4.69) is 15.3 Å². The number of nitrogens with zero attached hydrogens (tertiary/aromatic N) is 4. The Morgan fingerprint density at radius 2 is 2.12 bits per heavy atom. The number of aromatic nitrogens is 4. The lowest BCUT2D eigenvalue weighted by Crippen LogP contribution is -2.40. The molecular formula is C18H19N5O3. The van der Waals surface area contributed by atoms with Crippen LogP contribution < -0.4 is 0 Å². The van der Waals surface area contributed by atoms with Crippen LogP contribution in [0.2, 0.25) is 0 Å². The third kappa shape index (κ3) is 2.94. The van der Waals surface area contributed by atoms with Gasteiger partial charge in [0.25, 0.3) is 5.91 Å². The van der Waals surface area contributed by atoms with Crippen molar-refractivity contribution in [3.63, 3.8) is 0 Å². The number of aromatic amines is 1. The molecule has 26 heavy (non-hydrogen) atoms. The third-order valence-corrected chi connectivity index (χ3v) is 4.83. The summed E-state index contributed by atoms with van der Waals surface area (Å²) in [6.07, 6.45) is 3.37. The summed E-state index contributed by atoms with van der Waals surface area (Å²) in [4.78, 5) is 25.8. The number of amides is 1. The number of hydrogen-bond donors (Lipinski definition) is 2. The topological polar surface area (TPSA) is 104 Å². The normalized spacial score (nSPS) is 17.5. The predicted octanol–water partition coefficient (Wildman–Crippen LogP) is 1.86. The van der Waals surface area contributed by atoms with Gasteiger partial charge in [0.15, 0.2) is 5.69 Å². The molecule has 2 aromatic heterocycles. The van der Waals surface area contributed by atoms with Gasteiger partial charge in [0, 0.05) is 36.3 Å². The fourth-order valence-corrected chi connectivity index (χ4v) is 3.63. The number of fused-ring (bicyclic) bond motifs is 1. The summed E-state index contributed by atoms with van der Waals surface area (Å²) in [7, 11) is 0. The van der Waals surface area contributed by atoms with E-state index < -0.39 is 5.97 Å². The van der Waals surface area contributed by atoms with Crippen molar-refractivity contribution in [2.45, 2.75) is 25.3 Å². The van der Waals surface area contributed by atoms with Crippen LogP contribution in [-0.4, -0.2) is 55.0 Å². The van der Waals surface area contributed by atoms with Gasteiger partial charge in [-0.05, 0) is 25.0 Å². The van der Waals surface area contributed by atoms with Crippen LogP contribution in [0.1, 0.15) is 34.9 Å². The van der Waals surface area contributed by atoms with Gasteiger partial charge in [-0.1, -0.05) is 18.2 Å². The van der Waals surface area contributed by atoms with Crippen LogP contribution in [0, 0.1) is 0 Å². The smallest absolute Gasteiger partial charge is 0.325 e. The molecule has 0 bridgehead atoms. The molecule has 1 aliphatic rings. The van der Waals surface area contributed by atoms with E-state index in [4.69, 9.17) is 5.11 Å². The van der Waals surface area contributed by atoms with Gasteiger partial charge in [-0.3, -0.25) is 19.4 Å². The maximum Gasteiger partial charge on any atom is 0.325 e. The van der Waals surface area contributed by atoms with E-state index in [9.17, 15) is 9.59 Å². The second-order valence-corrected chi connectivity index (χ2v) is 6.52. The van der Waals surface area contributed by atoms with Crippen molar-refractivity contribution in [3.05, 3.63) is 47.9 Å². The number of likely N-dealkylation sites (tertiary alicyclic amines) is 1. The Hall–Kier alpha value is -3.16. The van der Waals surface area contributed by atoms with Crippen molar-refractivity contribution < 1.29 is 14.7 Å². The number of hydrogen-bond acceptors (Lipinski definition) is 4.